The zero-order valence-corrected chi connectivity index (χ0v) is 28.4. The second kappa shape index (κ2) is 14.6. The van der Waals surface area contributed by atoms with E-state index >= 15 is 0 Å². The van der Waals surface area contributed by atoms with Gasteiger partial charge in [0.05, 0.1) is 6.04 Å². The number of benzene rings is 5. The lowest BCUT2D eigenvalue weighted by Crippen LogP contribution is -2.36. The first-order valence-corrected chi connectivity index (χ1v) is 17.4. The molecule has 0 amide bonds. The standard InChI is InChI=1S/C41H37F2N3S2/c1-28-16-19-33(27-39(28)47-34-11-4-3-5-12-34)46(32-22-23-38-36(26-32)35-13-7-8-14-37(35)48-38)31-20-17-30(18-21-31)29(24-25-44)10-6-9-15-40(45)41(2,42)43/h3-5,7-27,40H,6,44-45H2,1-2H3/b15-9+,25-24-,29-10+. The lowest BCUT2D eigenvalue weighted by Gasteiger charge is -2.27. The fraction of sp³-hybridized carbons (Fsp3) is 0.122. The van der Waals surface area contributed by atoms with E-state index in [-0.39, 0.29) is 0 Å². The predicted octanol–water partition coefficient (Wildman–Crippen LogP) is 11.8. The maximum atomic E-state index is 13.5. The summed E-state index contributed by atoms with van der Waals surface area (Å²) in [6, 6.07) is 39.3. The second-order valence-corrected chi connectivity index (χ2v) is 13.9. The van der Waals surface area contributed by atoms with Gasteiger partial charge in [0.1, 0.15) is 0 Å². The van der Waals surface area contributed by atoms with Gasteiger partial charge in [-0.2, -0.15) is 0 Å². The molecule has 1 heterocycles. The number of thiophene rings is 1. The molecule has 4 N–H and O–H groups in total. The molecule has 0 radical (unpaired) electrons. The quantitative estimate of drug-likeness (QED) is 0.106. The van der Waals surface area contributed by atoms with Gasteiger partial charge in [-0.05, 0) is 103 Å². The number of hydrogen-bond acceptors (Lipinski definition) is 5. The Balaban J connectivity index is 1.40. The van der Waals surface area contributed by atoms with Crippen molar-refractivity contribution in [1.82, 2.24) is 0 Å². The van der Waals surface area contributed by atoms with Crippen molar-refractivity contribution in [3.63, 3.8) is 0 Å². The van der Waals surface area contributed by atoms with E-state index in [1.54, 1.807) is 29.2 Å². The van der Waals surface area contributed by atoms with E-state index in [9.17, 15) is 8.78 Å². The van der Waals surface area contributed by atoms with E-state index in [1.165, 1.54) is 47.8 Å². The third-order valence-corrected chi connectivity index (χ3v) is 10.5. The number of nitrogens with two attached hydrogens (primary N) is 2. The van der Waals surface area contributed by atoms with Crippen LogP contribution in [0.4, 0.5) is 25.8 Å². The van der Waals surface area contributed by atoms with E-state index in [0.29, 0.717) is 6.42 Å². The van der Waals surface area contributed by atoms with Crippen molar-refractivity contribution < 1.29 is 8.78 Å². The molecule has 1 aromatic heterocycles. The third kappa shape index (κ3) is 7.55. The Morgan fingerprint density at radius 3 is 2.25 bits per heavy atom. The lowest BCUT2D eigenvalue weighted by molar-refractivity contribution is 0.00913. The highest BCUT2D eigenvalue weighted by Crippen LogP contribution is 2.42. The van der Waals surface area contributed by atoms with Gasteiger partial charge in [-0.1, -0.05) is 84.6 Å². The SMILES string of the molecule is Cc1ccc(N(c2ccc(C(/C=C\N)=C/C/C=C/C(N)C(C)(F)F)cc2)c2ccc3sc4ccccc4c3c2)cc1Sc1ccccc1. The smallest absolute Gasteiger partial charge is 0.263 e. The topological polar surface area (TPSA) is 55.3 Å². The highest BCUT2D eigenvalue weighted by molar-refractivity contribution is 7.99. The van der Waals surface area contributed by atoms with Crippen LogP contribution in [0, 0.1) is 6.92 Å². The molecule has 0 fully saturated rings. The zero-order valence-electron chi connectivity index (χ0n) is 26.8. The van der Waals surface area contributed by atoms with Crippen LogP contribution in [0.2, 0.25) is 0 Å². The van der Waals surface area contributed by atoms with Crippen molar-refractivity contribution in [3.8, 4) is 0 Å². The molecule has 6 aromatic rings. The van der Waals surface area contributed by atoms with Gasteiger partial charge in [0.25, 0.3) is 5.92 Å². The molecule has 7 heteroatoms. The number of allylic oxidation sites excluding steroid dienone is 4. The van der Waals surface area contributed by atoms with Gasteiger partial charge in [-0.25, -0.2) is 8.78 Å². The van der Waals surface area contributed by atoms with Crippen molar-refractivity contribution in [2.45, 2.75) is 42.0 Å². The number of aryl methyl sites for hydroxylation is 1. The summed E-state index contributed by atoms with van der Waals surface area (Å²) in [4.78, 5) is 4.67. The molecule has 0 spiro atoms. The number of alkyl halides is 2. The largest absolute Gasteiger partial charge is 0.405 e. The Hall–Kier alpha value is -4.69. The lowest BCUT2D eigenvalue weighted by atomic mass is 10.0. The van der Waals surface area contributed by atoms with Crippen molar-refractivity contribution in [3.05, 3.63) is 157 Å². The predicted molar refractivity (Wildman–Crippen MR) is 203 cm³/mol. The van der Waals surface area contributed by atoms with Gasteiger partial charge in [-0.15, -0.1) is 11.3 Å². The molecule has 0 aliphatic rings. The maximum absolute atomic E-state index is 13.5. The summed E-state index contributed by atoms with van der Waals surface area (Å²) in [5.74, 6) is -2.97. The number of nitrogens with zero attached hydrogens (tertiary/aromatic N) is 1. The molecular formula is C41H37F2N3S2. The van der Waals surface area contributed by atoms with E-state index in [1.807, 2.05) is 18.2 Å². The zero-order chi connectivity index (χ0) is 33.7. The van der Waals surface area contributed by atoms with Gasteiger partial charge in [-0.3, -0.25) is 0 Å². The van der Waals surface area contributed by atoms with Gasteiger partial charge in [0.2, 0.25) is 0 Å². The van der Waals surface area contributed by atoms with Gasteiger partial charge >= 0.3 is 0 Å². The molecular weight excluding hydrogens is 637 g/mol. The molecule has 6 rings (SSSR count). The molecule has 242 valence electrons. The fourth-order valence-corrected chi connectivity index (χ4v) is 7.57. The van der Waals surface area contributed by atoms with Crippen molar-refractivity contribution in [2.75, 3.05) is 4.90 Å². The fourth-order valence-electron chi connectivity index (χ4n) is 5.53. The van der Waals surface area contributed by atoms with Gasteiger partial charge < -0.3 is 16.4 Å². The molecule has 0 aliphatic carbocycles. The summed E-state index contributed by atoms with van der Waals surface area (Å²) in [7, 11) is 0. The number of fused-ring (bicyclic) bond motifs is 3. The molecule has 0 saturated carbocycles. The summed E-state index contributed by atoms with van der Waals surface area (Å²) in [6.45, 7) is 2.97. The van der Waals surface area contributed by atoms with Crippen LogP contribution in [0.25, 0.3) is 25.7 Å². The average molecular weight is 674 g/mol. The minimum Gasteiger partial charge on any atom is -0.405 e. The highest BCUT2D eigenvalue weighted by Gasteiger charge is 2.28. The molecule has 0 aliphatic heterocycles. The number of halogens is 2. The molecule has 5 aromatic carbocycles. The van der Waals surface area contributed by atoms with E-state index in [2.05, 4.69) is 121 Å². The van der Waals surface area contributed by atoms with Crippen LogP contribution in [0.1, 0.15) is 24.5 Å². The third-order valence-electron chi connectivity index (χ3n) is 8.16. The van der Waals surface area contributed by atoms with Crippen LogP contribution in [0.15, 0.2) is 156 Å². The molecule has 1 atom stereocenters. The second-order valence-electron chi connectivity index (χ2n) is 11.7. The van der Waals surface area contributed by atoms with E-state index < -0.39 is 12.0 Å². The Morgan fingerprint density at radius 2 is 1.50 bits per heavy atom. The summed E-state index contributed by atoms with van der Waals surface area (Å²) in [5, 5.41) is 2.48. The Labute approximate surface area is 288 Å². The maximum Gasteiger partial charge on any atom is 0.263 e. The van der Waals surface area contributed by atoms with E-state index in [4.69, 9.17) is 11.5 Å². The molecule has 1 unspecified atom stereocenters. The average Bonchev–Trinajstić information content (AvgIpc) is 3.46. The Kier molecular flexibility index (Phi) is 10.1. The van der Waals surface area contributed by atoms with Crippen molar-refractivity contribution in [2.24, 2.45) is 11.5 Å². The summed E-state index contributed by atoms with van der Waals surface area (Å²) >= 11 is 3.57. The summed E-state index contributed by atoms with van der Waals surface area (Å²) in [5.41, 5.74) is 17.6. The minimum absolute atomic E-state index is 0.442. The molecule has 3 nitrogen and oxygen atoms in total. The monoisotopic (exact) mass is 673 g/mol. The minimum atomic E-state index is -2.97. The van der Waals surface area contributed by atoms with Crippen LogP contribution in [0.3, 0.4) is 0 Å². The van der Waals surface area contributed by atoms with Crippen molar-refractivity contribution in [1.29, 1.82) is 0 Å². The molecule has 0 saturated heterocycles. The van der Waals surface area contributed by atoms with E-state index in [0.717, 1.165) is 35.1 Å². The van der Waals surface area contributed by atoms with Gasteiger partial charge in [0.15, 0.2) is 0 Å². The normalized spacial score (nSPS) is 13.2. The van der Waals surface area contributed by atoms with Crippen LogP contribution < -0.4 is 16.4 Å². The highest BCUT2D eigenvalue weighted by atomic mass is 32.2. The van der Waals surface area contributed by atoms with Crippen LogP contribution in [-0.4, -0.2) is 12.0 Å². The van der Waals surface area contributed by atoms with Gasteiger partial charge in [0, 0.05) is 53.9 Å². The first-order valence-electron chi connectivity index (χ1n) is 15.7. The van der Waals surface area contributed by atoms with Crippen molar-refractivity contribution >= 4 is 65.9 Å². The first kappa shape index (κ1) is 33.2. The van der Waals surface area contributed by atoms with Crippen LogP contribution in [-0.2, 0) is 0 Å². The summed E-state index contributed by atoms with van der Waals surface area (Å²) < 4.78 is 29.5. The first-order chi connectivity index (χ1) is 23.2. The Morgan fingerprint density at radius 1 is 0.833 bits per heavy atom. The number of hydrogen-bond donors (Lipinski definition) is 2. The number of anilines is 3. The van der Waals surface area contributed by atoms with Crippen LogP contribution in [0.5, 0.6) is 0 Å². The Bertz CT molecular complexity index is 2110. The summed E-state index contributed by atoms with van der Waals surface area (Å²) in [6.07, 6.45) is 8.71. The molecule has 48 heavy (non-hydrogen) atoms. The molecule has 0 bridgehead atoms. The van der Waals surface area contributed by atoms with Crippen LogP contribution >= 0.6 is 23.1 Å². The number of rotatable bonds is 11.